The minimum absolute atomic E-state index is 0.146. The Kier molecular flexibility index (Phi) is 6.46. The quantitative estimate of drug-likeness (QED) is 0.291. The van der Waals surface area contributed by atoms with Crippen molar-refractivity contribution in [2.45, 2.75) is 11.4 Å². The van der Waals surface area contributed by atoms with Crippen LogP contribution in [0.15, 0.2) is 22.3 Å². The second-order valence-corrected chi connectivity index (χ2v) is 8.66. The SMILES string of the molecule is CSCC1=CN2C(=O)[C@@H](NC(=O)/C(=N\OCC(=O)O)c3csc(N)n3)[C@@H]2SC1. The standard InChI is InChI=1S/C15H17N5O5S3/c1-26-4-7-2-20-13(24)11(14(20)27-5-7)18-12(23)10(19-25-3-9(21)22)8-6-28-15(16)17-8/h2,6,11,14H,3-5H2,1H3,(H2,16,17)(H,18,23)(H,21,22)/b19-10-/t11-,14+/m1/s1. The Balaban J connectivity index is 1.71. The summed E-state index contributed by atoms with van der Waals surface area (Å²) < 4.78 is 0. The smallest absolute Gasteiger partial charge is 0.344 e. The van der Waals surface area contributed by atoms with Crippen molar-refractivity contribution in [1.82, 2.24) is 15.2 Å². The van der Waals surface area contributed by atoms with Crippen molar-refractivity contribution in [3.8, 4) is 0 Å². The molecule has 150 valence electrons. The fraction of sp³-hybridized carbons (Fsp3) is 0.400. The molecule has 28 heavy (non-hydrogen) atoms. The van der Waals surface area contributed by atoms with E-state index < -0.39 is 24.5 Å². The van der Waals surface area contributed by atoms with E-state index in [1.807, 2.05) is 12.5 Å². The number of nitrogen functional groups attached to an aromatic ring is 1. The Labute approximate surface area is 172 Å². The van der Waals surface area contributed by atoms with Crippen LogP contribution in [-0.4, -0.2) is 74.3 Å². The van der Waals surface area contributed by atoms with E-state index in [9.17, 15) is 14.4 Å². The van der Waals surface area contributed by atoms with Crippen molar-refractivity contribution in [3.63, 3.8) is 0 Å². The van der Waals surface area contributed by atoms with E-state index in [1.54, 1.807) is 28.4 Å². The van der Waals surface area contributed by atoms with Gasteiger partial charge in [0.2, 0.25) is 6.61 Å². The summed E-state index contributed by atoms with van der Waals surface area (Å²) in [5.41, 5.74) is 6.66. The number of carbonyl (C=O) groups is 3. The van der Waals surface area contributed by atoms with E-state index in [2.05, 4.69) is 20.3 Å². The van der Waals surface area contributed by atoms with Crippen molar-refractivity contribution in [2.75, 3.05) is 30.1 Å². The fourth-order valence-corrected chi connectivity index (χ4v) is 5.07. The number of aromatic nitrogens is 1. The molecule has 1 aromatic rings. The van der Waals surface area contributed by atoms with Gasteiger partial charge in [0.15, 0.2) is 10.8 Å². The van der Waals surface area contributed by atoms with Crippen LogP contribution >= 0.6 is 34.9 Å². The molecule has 3 heterocycles. The third kappa shape index (κ3) is 4.42. The number of thioether (sulfide) groups is 2. The van der Waals surface area contributed by atoms with Crippen LogP contribution in [0.2, 0.25) is 0 Å². The van der Waals surface area contributed by atoms with Crippen LogP contribution in [0, 0.1) is 0 Å². The topological polar surface area (TPSA) is 147 Å². The molecule has 2 aliphatic heterocycles. The number of hydrogen-bond acceptors (Lipinski definition) is 10. The van der Waals surface area contributed by atoms with E-state index in [0.29, 0.717) is 0 Å². The van der Waals surface area contributed by atoms with Gasteiger partial charge in [0.05, 0.1) is 0 Å². The van der Waals surface area contributed by atoms with Crippen LogP contribution < -0.4 is 11.1 Å². The van der Waals surface area contributed by atoms with Crippen LogP contribution in [-0.2, 0) is 19.2 Å². The Morgan fingerprint density at radius 3 is 3.00 bits per heavy atom. The molecule has 1 saturated heterocycles. The highest BCUT2D eigenvalue weighted by molar-refractivity contribution is 8.00. The summed E-state index contributed by atoms with van der Waals surface area (Å²) >= 11 is 4.36. The monoisotopic (exact) mass is 443 g/mol. The second-order valence-electron chi connectivity index (χ2n) is 5.80. The number of rotatable bonds is 8. The Hall–Kier alpha value is -2.25. The van der Waals surface area contributed by atoms with Gasteiger partial charge >= 0.3 is 5.97 Å². The zero-order valence-corrected chi connectivity index (χ0v) is 17.1. The van der Waals surface area contributed by atoms with Crippen LogP contribution in [0.1, 0.15) is 5.69 Å². The molecule has 4 N–H and O–H groups in total. The first-order valence-electron chi connectivity index (χ1n) is 7.97. The Morgan fingerprint density at radius 1 is 1.57 bits per heavy atom. The van der Waals surface area contributed by atoms with Gasteiger partial charge in [0.25, 0.3) is 11.8 Å². The molecule has 10 nitrogen and oxygen atoms in total. The molecule has 0 saturated carbocycles. The summed E-state index contributed by atoms with van der Waals surface area (Å²) in [6.07, 6.45) is 3.84. The molecule has 2 atom stereocenters. The maximum absolute atomic E-state index is 12.7. The molecule has 0 radical (unpaired) electrons. The summed E-state index contributed by atoms with van der Waals surface area (Å²) in [5.74, 6) is -0.505. The average Bonchev–Trinajstić information content (AvgIpc) is 3.09. The number of carboxylic acid groups (broad SMARTS) is 1. The van der Waals surface area contributed by atoms with Crippen LogP contribution in [0.25, 0.3) is 0 Å². The van der Waals surface area contributed by atoms with Crippen molar-refractivity contribution < 1.29 is 24.3 Å². The van der Waals surface area contributed by atoms with E-state index in [1.165, 1.54) is 5.38 Å². The number of carboxylic acids is 1. The molecule has 3 rings (SSSR count). The van der Waals surface area contributed by atoms with Gasteiger partial charge in [-0.05, 0) is 11.8 Å². The summed E-state index contributed by atoms with van der Waals surface area (Å²) in [5, 5.41) is 16.4. The van der Waals surface area contributed by atoms with Gasteiger partial charge in [-0.2, -0.15) is 11.8 Å². The highest BCUT2D eigenvalue weighted by Gasteiger charge is 2.49. The van der Waals surface area contributed by atoms with Gasteiger partial charge in [-0.15, -0.1) is 23.1 Å². The molecule has 0 unspecified atom stereocenters. The van der Waals surface area contributed by atoms with Gasteiger partial charge < -0.3 is 25.9 Å². The number of anilines is 1. The number of aliphatic carboxylic acids is 1. The number of nitrogens with zero attached hydrogens (tertiary/aromatic N) is 3. The van der Waals surface area contributed by atoms with Crippen molar-refractivity contribution in [1.29, 1.82) is 0 Å². The summed E-state index contributed by atoms with van der Waals surface area (Å²) in [6.45, 7) is -0.714. The molecule has 2 amide bonds. The zero-order chi connectivity index (χ0) is 20.3. The van der Waals surface area contributed by atoms with Crippen LogP contribution in [0.5, 0.6) is 0 Å². The summed E-state index contributed by atoms with van der Waals surface area (Å²) in [7, 11) is 0. The molecule has 2 aliphatic rings. The first kappa shape index (κ1) is 20.5. The largest absolute Gasteiger partial charge is 0.479 e. The fourth-order valence-electron chi connectivity index (χ4n) is 2.59. The number of carbonyl (C=O) groups excluding carboxylic acids is 2. The predicted molar refractivity (Wildman–Crippen MR) is 108 cm³/mol. The third-order valence-corrected chi connectivity index (χ3v) is 6.49. The Morgan fingerprint density at radius 2 is 2.36 bits per heavy atom. The maximum atomic E-state index is 12.7. The number of fused-ring (bicyclic) bond motifs is 1. The number of nitrogens with two attached hydrogens (primary N) is 1. The minimum atomic E-state index is -1.24. The number of thiazole rings is 1. The molecule has 1 fully saturated rings. The first-order valence-corrected chi connectivity index (χ1v) is 11.3. The molecule has 0 bridgehead atoms. The van der Waals surface area contributed by atoms with Gasteiger partial charge in [-0.25, -0.2) is 9.78 Å². The normalized spacial score (nSPS) is 21.5. The zero-order valence-electron chi connectivity index (χ0n) is 14.7. The van der Waals surface area contributed by atoms with Gasteiger partial charge in [0.1, 0.15) is 17.1 Å². The molecule has 1 aromatic heterocycles. The molecule has 13 heteroatoms. The lowest BCUT2D eigenvalue weighted by Gasteiger charge is -2.47. The molecule has 0 aromatic carbocycles. The number of β-lactam (4-membered cyclic amide) rings is 1. The lowest BCUT2D eigenvalue weighted by molar-refractivity contribution is -0.143. The van der Waals surface area contributed by atoms with Gasteiger partial charge in [-0.1, -0.05) is 5.16 Å². The average molecular weight is 444 g/mol. The molecule has 0 spiro atoms. The number of nitrogens with one attached hydrogen (secondary N) is 1. The highest BCUT2D eigenvalue weighted by atomic mass is 32.2. The second kappa shape index (κ2) is 8.84. The van der Waals surface area contributed by atoms with E-state index >= 15 is 0 Å². The van der Waals surface area contributed by atoms with Gasteiger partial charge in [-0.3, -0.25) is 9.59 Å². The van der Waals surface area contributed by atoms with Crippen LogP contribution in [0.4, 0.5) is 5.13 Å². The molecular weight excluding hydrogens is 426 g/mol. The number of amides is 2. The van der Waals surface area contributed by atoms with Crippen LogP contribution in [0.3, 0.4) is 0 Å². The minimum Gasteiger partial charge on any atom is -0.479 e. The van der Waals surface area contributed by atoms with E-state index in [0.717, 1.165) is 28.4 Å². The lowest BCUT2D eigenvalue weighted by atomic mass is 10.1. The highest BCUT2D eigenvalue weighted by Crippen LogP contribution is 2.36. The van der Waals surface area contributed by atoms with E-state index in [-0.39, 0.29) is 27.8 Å². The summed E-state index contributed by atoms with van der Waals surface area (Å²) in [4.78, 5) is 46.0. The Bertz CT molecular complexity index is 855. The molecule has 0 aliphatic carbocycles. The summed E-state index contributed by atoms with van der Waals surface area (Å²) in [6, 6.07) is -0.703. The van der Waals surface area contributed by atoms with Crippen molar-refractivity contribution in [3.05, 3.63) is 22.8 Å². The molecular formula is C15H17N5O5S3. The number of hydrogen-bond donors (Lipinski definition) is 3. The lowest BCUT2D eigenvalue weighted by Crippen LogP contribution is -2.69. The number of oxime groups is 1. The van der Waals surface area contributed by atoms with Gasteiger partial charge in [0, 0.05) is 23.1 Å². The predicted octanol–water partition coefficient (Wildman–Crippen LogP) is 0.177. The first-order chi connectivity index (χ1) is 13.4. The van der Waals surface area contributed by atoms with E-state index in [4.69, 9.17) is 10.8 Å². The van der Waals surface area contributed by atoms with Crippen molar-refractivity contribution >= 4 is 63.5 Å². The third-order valence-electron chi connectivity index (χ3n) is 3.78. The maximum Gasteiger partial charge on any atom is 0.344 e. The van der Waals surface area contributed by atoms with Crippen molar-refractivity contribution in [2.24, 2.45) is 5.16 Å².